The van der Waals surface area contributed by atoms with E-state index in [0.29, 0.717) is 23.4 Å². The topological polar surface area (TPSA) is 18.5 Å². The van der Waals surface area contributed by atoms with Gasteiger partial charge >= 0.3 is 0 Å². The summed E-state index contributed by atoms with van der Waals surface area (Å²) in [5, 5.41) is -0.0255. The zero-order valence-corrected chi connectivity index (χ0v) is 23.4. The Hall–Kier alpha value is -0.160. The molecule has 0 aliphatic heterocycles. The summed E-state index contributed by atoms with van der Waals surface area (Å²) in [4.78, 5) is 0.393. The third kappa shape index (κ3) is 12.9. The predicted octanol–water partition coefficient (Wildman–Crippen LogP) is 8.85. The van der Waals surface area contributed by atoms with E-state index in [4.69, 9.17) is 32.7 Å². The van der Waals surface area contributed by atoms with E-state index in [-0.39, 0.29) is 11.0 Å². The van der Waals surface area contributed by atoms with Crippen LogP contribution in [0.15, 0.2) is 34.1 Å². The molecule has 11 heteroatoms. The Morgan fingerprint density at radius 3 is 1.82 bits per heavy atom. The van der Waals surface area contributed by atoms with Gasteiger partial charge in [-0.25, -0.2) is 17.6 Å². The molecule has 2 atom stereocenters. The number of thiol groups is 1. The van der Waals surface area contributed by atoms with Gasteiger partial charge in [0.1, 0.15) is 21.7 Å². The first-order valence-corrected chi connectivity index (χ1v) is 13.2. The number of ether oxygens (including phenoxy) is 2. The minimum Gasteiger partial charge on any atom is -0.378 e. The van der Waals surface area contributed by atoms with Gasteiger partial charge in [-0.05, 0) is 52.0 Å². The molecule has 0 fully saturated rings. The second-order valence-electron chi connectivity index (χ2n) is 6.37. The van der Waals surface area contributed by atoms with E-state index in [1.165, 1.54) is 30.0 Å². The molecular weight excluding hydrogens is 587 g/mol. The van der Waals surface area contributed by atoms with Crippen molar-refractivity contribution in [1.29, 1.82) is 0 Å². The highest BCUT2D eigenvalue weighted by Gasteiger charge is 2.13. The van der Waals surface area contributed by atoms with Crippen LogP contribution in [0, 0.1) is 23.3 Å². The van der Waals surface area contributed by atoms with E-state index in [0.717, 1.165) is 18.0 Å². The third-order valence-electron chi connectivity index (χ3n) is 3.61. The van der Waals surface area contributed by atoms with Gasteiger partial charge in [-0.3, -0.25) is 0 Å². The van der Waals surface area contributed by atoms with E-state index < -0.39 is 33.3 Å². The largest absolute Gasteiger partial charge is 0.378 e. The standard InChI is InChI=1S/C11H13ClF2OS.C6H3ClF2S.C5H11BrO/c1-3-15-7(2)6-16-9-5-4-8(13)10(12)11(9)14;7-5-3(8)1-2-4(10)6(5)9;1-3-7-5(2)4-6/h4-5,7H,3,6H2,1-2H3;1-2,10H;5H,3-4H2,1-2H3. The maximum atomic E-state index is 13.5. The number of halogens is 7. The summed E-state index contributed by atoms with van der Waals surface area (Å²) in [6, 6.07) is 4.83. The number of alkyl halides is 1. The molecule has 2 nitrogen and oxygen atoms in total. The average Bonchev–Trinajstić information content (AvgIpc) is 2.79. The lowest BCUT2D eigenvalue weighted by atomic mass is 10.3. The van der Waals surface area contributed by atoms with Crippen LogP contribution < -0.4 is 0 Å². The molecule has 2 unspecified atom stereocenters. The Morgan fingerprint density at radius 1 is 0.879 bits per heavy atom. The second-order valence-corrected chi connectivity index (χ2v) is 9.31. The zero-order valence-electron chi connectivity index (χ0n) is 18.6. The molecule has 0 aliphatic carbocycles. The highest BCUT2D eigenvalue weighted by molar-refractivity contribution is 9.09. The summed E-state index contributed by atoms with van der Waals surface area (Å²) >= 11 is 18.9. The van der Waals surface area contributed by atoms with Crippen LogP contribution >= 0.6 is 63.5 Å². The molecule has 0 bridgehead atoms. The molecule has 0 N–H and O–H groups in total. The predicted molar refractivity (Wildman–Crippen MR) is 137 cm³/mol. The normalized spacial score (nSPS) is 12.2. The van der Waals surface area contributed by atoms with Crippen molar-refractivity contribution in [3.05, 3.63) is 57.6 Å². The minimum atomic E-state index is -0.815. The number of thioether (sulfide) groups is 1. The number of benzene rings is 2. The van der Waals surface area contributed by atoms with Crippen LogP contribution in [0.25, 0.3) is 0 Å². The number of rotatable bonds is 8. The lowest BCUT2D eigenvalue weighted by Crippen LogP contribution is -2.10. The average molecular weight is 614 g/mol. The highest BCUT2D eigenvalue weighted by atomic mass is 79.9. The van der Waals surface area contributed by atoms with Gasteiger partial charge in [-0.2, -0.15) is 0 Å². The maximum absolute atomic E-state index is 13.5. The molecule has 2 aromatic carbocycles. The highest BCUT2D eigenvalue weighted by Crippen LogP contribution is 2.29. The summed E-state index contributed by atoms with van der Waals surface area (Å²) in [5.74, 6) is -2.41. The van der Waals surface area contributed by atoms with E-state index in [2.05, 4.69) is 28.6 Å². The Morgan fingerprint density at radius 2 is 1.36 bits per heavy atom. The van der Waals surface area contributed by atoms with Gasteiger partial charge in [0.15, 0.2) is 11.6 Å². The third-order valence-corrected chi connectivity index (χ3v) is 6.82. The molecule has 0 spiro atoms. The van der Waals surface area contributed by atoms with E-state index in [9.17, 15) is 17.6 Å². The molecule has 2 rings (SSSR count). The lowest BCUT2D eigenvalue weighted by Gasteiger charge is -2.11. The van der Waals surface area contributed by atoms with Gasteiger partial charge in [0.05, 0.1) is 12.2 Å². The molecule has 0 radical (unpaired) electrons. The first kappa shape index (κ1) is 32.8. The van der Waals surface area contributed by atoms with E-state index in [1.807, 2.05) is 27.7 Å². The Bertz CT molecular complexity index is 824. The molecule has 0 saturated carbocycles. The van der Waals surface area contributed by atoms with Crippen LogP contribution in [0.1, 0.15) is 27.7 Å². The van der Waals surface area contributed by atoms with Crippen molar-refractivity contribution in [3.63, 3.8) is 0 Å². The molecule has 188 valence electrons. The van der Waals surface area contributed by atoms with Crippen molar-refractivity contribution in [2.75, 3.05) is 24.3 Å². The monoisotopic (exact) mass is 612 g/mol. The summed E-state index contributed by atoms with van der Waals surface area (Å²) in [6.45, 7) is 9.27. The molecule has 2 aromatic rings. The van der Waals surface area contributed by atoms with Gasteiger partial charge in [0.2, 0.25) is 0 Å². The van der Waals surface area contributed by atoms with Crippen molar-refractivity contribution in [1.82, 2.24) is 0 Å². The van der Waals surface area contributed by atoms with Crippen molar-refractivity contribution in [2.24, 2.45) is 0 Å². The minimum absolute atomic E-state index is 0.0261. The van der Waals surface area contributed by atoms with Gasteiger partial charge in [-0.1, -0.05) is 39.1 Å². The summed E-state index contributed by atoms with van der Waals surface area (Å²) < 4.78 is 61.7. The Balaban J connectivity index is 0.000000514. The van der Waals surface area contributed by atoms with E-state index >= 15 is 0 Å². The molecule has 0 saturated heterocycles. The fourth-order valence-corrected chi connectivity index (χ4v) is 3.73. The summed E-state index contributed by atoms with van der Waals surface area (Å²) in [6.07, 6.45) is 0.392. The maximum Gasteiger partial charge on any atom is 0.158 e. The van der Waals surface area contributed by atoms with Gasteiger partial charge in [0, 0.05) is 34.1 Å². The molecular formula is C22H27BrCl2F4O2S2. The van der Waals surface area contributed by atoms with E-state index in [1.54, 1.807) is 0 Å². The fraction of sp³-hybridized carbons (Fsp3) is 0.455. The van der Waals surface area contributed by atoms with Crippen LogP contribution in [0.3, 0.4) is 0 Å². The summed E-state index contributed by atoms with van der Waals surface area (Å²) in [5.41, 5.74) is 0. The Labute approximate surface area is 221 Å². The quantitative estimate of drug-likeness (QED) is 0.105. The van der Waals surface area contributed by atoms with Gasteiger partial charge in [-0.15, -0.1) is 24.4 Å². The van der Waals surface area contributed by atoms with Gasteiger partial charge in [0.25, 0.3) is 0 Å². The zero-order chi connectivity index (χ0) is 25.6. The van der Waals surface area contributed by atoms with Crippen molar-refractivity contribution in [3.8, 4) is 0 Å². The van der Waals surface area contributed by atoms with Crippen molar-refractivity contribution >= 4 is 63.5 Å². The first-order valence-electron chi connectivity index (χ1n) is 9.87. The second kappa shape index (κ2) is 18.2. The molecule has 0 heterocycles. The van der Waals surface area contributed by atoms with Crippen LogP contribution in [0.2, 0.25) is 10.0 Å². The summed E-state index contributed by atoms with van der Waals surface area (Å²) in [7, 11) is 0. The van der Waals surface area contributed by atoms with Crippen molar-refractivity contribution < 1.29 is 27.0 Å². The lowest BCUT2D eigenvalue weighted by molar-refractivity contribution is 0.0931. The van der Waals surface area contributed by atoms with Gasteiger partial charge < -0.3 is 9.47 Å². The van der Waals surface area contributed by atoms with Crippen LogP contribution in [-0.4, -0.2) is 36.5 Å². The SMILES string of the molecule is CCOC(C)CBr.CCOC(C)CSc1ccc(F)c(Cl)c1F.Fc1ccc(S)c(F)c1Cl. The first-order chi connectivity index (χ1) is 15.5. The van der Waals surface area contributed by atoms with Crippen LogP contribution in [-0.2, 0) is 9.47 Å². The molecule has 0 aliphatic rings. The van der Waals surface area contributed by atoms with Crippen molar-refractivity contribution in [2.45, 2.75) is 49.7 Å². The van der Waals surface area contributed by atoms with Crippen LogP contribution in [0.4, 0.5) is 17.6 Å². The molecule has 33 heavy (non-hydrogen) atoms. The molecule has 0 aromatic heterocycles. The molecule has 0 amide bonds. The van der Waals surface area contributed by atoms with Crippen LogP contribution in [0.5, 0.6) is 0 Å². The number of hydrogen-bond acceptors (Lipinski definition) is 4. The number of hydrogen-bond donors (Lipinski definition) is 1. The fourth-order valence-electron chi connectivity index (χ4n) is 2.00. The smallest absolute Gasteiger partial charge is 0.158 e. The Kier molecular flexibility index (Phi) is 18.1.